The summed E-state index contributed by atoms with van der Waals surface area (Å²) in [5.41, 5.74) is -0.232. The van der Waals surface area contributed by atoms with Crippen molar-refractivity contribution >= 4 is 33.6 Å². The fourth-order valence-electron chi connectivity index (χ4n) is 3.22. The second-order valence-electron chi connectivity index (χ2n) is 6.08. The summed E-state index contributed by atoms with van der Waals surface area (Å²) in [5, 5.41) is 0.471. The van der Waals surface area contributed by atoms with Crippen LogP contribution < -0.4 is 5.56 Å². The summed E-state index contributed by atoms with van der Waals surface area (Å²) < 4.78 is 25.0. The van der Waals surface area contributed by atoms with Crippen LogP contribution in [0.4, 0.5) is 4.39 Å². The molecular formula is C19H19FN2O5. The Bertz CT molecular complexity index is 1110. The lowest BCUT2D eigenvalue weighted by Crippen LogP contribution is -2.22. The number of aryl methyl sites for hydroxylation is 1. The summed E-state index contributed by atoms with van der Waals surface area (Å²) in [7, 11) is 2.35. The smallest absolute Gasteiger partial charge is 0.355 e. The van der Waals surface area contributed by atoms with Gasteiger partial charge < -0.3 is 19.0 Å². The Kier molecular flexibility index (Phi) is 4.98. The molecule has 8 heteroatoms. The van der Waals surface area contributed by atoms with Gasteiger partial charge in [0, 0.05) is 17.3 Å². The summed E-state index contributed by atoms with van der Waals surface area (Å²) in [4.78, 5) is 40.3. The summed E-state index contributed by atoms with van der Waals surface area (Å²) in [6.45, 7) is 2.38. The van der Waals surface area contributed by atoms with Gasteiger partial charge in [-0.1, -0.05) is 13.3 Å². The van der Waals surface area contributed by atoms with E-state index in [1.54, 1.807) is 0 Å². The minimum absolute atomic E-state index is 0.0172. The largest absolute Gasteiger partial charge is 0.464 e. The molecule has 0 saturated heterocycles. The van der Waals surface area contributed by atoms with Crippen LogP contribution in [0.25, 0.3) is 21.7 Å². The third kappa shape index (κ3) is 2.97. The number of fused-ring (bicyclic) bond motifs is 3. The number of rotatable bonds is 5. The Hall–Kier alpha value is -3.16. The topological polar surface area (TPSA) is 90.4 Å². The maximum absolute atomic E-state index is 14.0. The SMILES string of the molecule is CCCCn1c(=O)c2c(C(=O)OC)[nH]c(C(=O)OC)c2c2cc(F)ccc21. The van der Waals surface area contributed by atoms with E-state index in [9.17, 15) is 18.8 Å². The second-order valence-corrected chi connectivity index (χ2v) is 6.08. The summed E-state index contributed by atoms with van der Waals surface area (Å²) in [6.07, 6.45) is 1.57. The minimum Gasteiger partial charge on any atom is -0.464 e. The van der Waals surface area contributed by atoms with Crippen molar-refractivity contribution in [3.63, 3.8) is 0 Å². The van der Waals surface area contributed by atoms with Crippen molar-refractivity contribution in [2.75, 3.05) is 14.2 Å². The lowest BCUT2D eigenvalue weighted by atomic mass is 10.1. The minimum atomic E-state index is -0.801. The number of hydrogen-bond acceptors (Lipinski definition) is 5. The monoisotopic (exact) mass is 374 g/mol. The highest BCUT2D eigenvalue weighted by Gasteiger charge is 2.27. The summed E-state index contributed by atoms with van der Waals surface area (Å²) in [5.74, 6) is -2.10. The van der Waals surface area contributed by atoms with Gasteiger partial charge in [-0.15, -0.1) is 0 Å². The van der Waals surface area contributed by atoms with E-state index in [1.165, 1.54) is 37.0 Å². The maximum Gasteiger partial charge on any atom is 0.355 e. The highest BCUT2D eigenvalue weighted by atomic mass is 19.1. The van der Waals surface area contributed by atoms with Crippen LogP contribution in [0.1, 0.15) is 40.7 Å². The van der Waals surface area contributed by atoms with Crippen molar-refractivity contribution in [1.29, 1.82) is 0 Å². The van der Waals surface area contributed by atoms with Gasteiger partial charge in [0.2, 0.25) is 0 Å². The van der Waals surface area contributed by atoms with E-state index in [0.29, 0.717) is 17.4 Å². The lowest BCUT2D eigenvalue weighted by molar-refractivity contribution is 0.0592. The van der Waals surface area contributed by atoms with E-state index in [4.69, 9.17) is 9.47 Å². The van der Waals surface area contributed by atoms with Crippen LogP contribution in [0, 0.1) is 5.82 Å². The van der Waals surface area contributed by atoms with Crippen LogP contribution in [0.5, 0.6) is 0 Å². The Balaban J connectivity index is 2.56. The quantitative estimate of drug-likeness (QED) is 0.694. The molecule has 0 radical (unpaired) electrons. The van der Waals surface area contributed by atoms with E-state index in [2.05, 4.69) is 4.98 Å². The van der Waals surface area contributed by atoms with Crippen molar-refractivity contribution in [2.24, 2.45) is 0 Å². The molecule has 0 aliphatic rings. The predicted molar refractivity (Wildman–Crippen MR) is 97.6 cm³/mol. The Morgan fingerprint density at radius 1 is 1.11 bits per heavy atom. The van der Waals surface area contributed by atoms with Crippen molar-refractivity contribution in [1.82, 2.24) is 9.55 Å². The number of esters is 2. The fourth-order valence-corrected chi connectivity index (χ4v) is 3.22. The number of methoxy groups -OCH3 is 2. The summed E-state index contributed by atoms with van der Waals surface area (Å²) in [6, 6.07) is 3.98. The number of carbonyl (C=O) groups excluding carboxylic acids is 2. The van der Waals surface area contributed by atoms with Gasteiger partial charge in [0.1, 0.15) is 17.2 Å². The normalized spacial score (nSPS) is 11.1. The van der Waals surface area contributed by atoms with Crippen LogP contribution in [0.2, 0.25) is 0 Å². The highest BCUT2D eigenvalue weighted by Crippen LogP contribution is 2.30. The molecular weight excluding hydrogens is 355 g/mol. The standard InChI is InChI=1S/C19H19FN2O5/c1-4-5-8-22-12-7-6-10(20)9-11(12)13-14(17(22)23)16(19(25)27-3)21-15(13)18(24)26-2/h6-7,9,21H,4-5,8H2,1-3H3. The number of benzene rings is 1. The molecule has 2 heterocycles. The molecule has 0 bridgehead atoms. The number of halogens is 1. The van der Waals surface area contributed by atoms with E-state index in [-0.39, 0.29) is 22.2 Å². The number of ether oxygens (including phenoxy) is 2. The second kappa shape index (κ2) is 7.22. The molecule has 0 unspecified atom stereocenters. The van der Waals surface area contributed by atoms with Gasteiger partial charge in [-0.3, -0.25) is 4.79 Å². The molecule has 2 aromatic heterocycles. The number of unbranched alkanes of at least 4 members (excludes halogenated alkanes) is 1. The van der Waals surface area contributed by atoms with E-state index in [1.807, 2.05) is 6.92 Å². The maximum atomic E-state index is 14.0. The number of nitrogens with zero attached hydrogens (tertiary/aromatic N) is 1. The van der Waals surface area contributed by atoms with Gasteiger partial charge >= 0.3 is 11.9 Å². The molecule has 0 spiro atoms. The number of aromatic amines is 1. The van der Waals surface area contributed by atoms with Crippen molar-refractivity contribution in [3.8, 4) is 0 Å². The number of aromatic nitrogens is 2. The van der Waals surface area contributed by atoms with E-state index < -0.39 is 23.3 Å². The zero-order valence-corrected chi connectivity index (χ0v) is 15.2. The first-order valence-corrected chi connectivity index (χ1v) is 8.48. The first-order chi connectivity index (χ1) is 12.9. The van der Waals surface area contributed by atoms with Crippen LogP contribution in [0.15, 0.2) is 23.0 Å². The molecule has 0 saturated carbocycles. The first kappa shape index (κ1) is 18.6. The molecule has 7 nitrogen and oxygen atoms in total. The molecule has 142 valence electrons. The zero-order valence-electron chi connectivity index (χ0n) is 15.2. The highest BCUT2D eigenvalue weighted by molar-refractivity contribution is 6.19. The van der Waals surface area contributed by atoms with Gasteiger partial charge in [0.25, 0.3) is 5.56 Å². The zero-order chi connectivity index (χ0) is 19.7. The molecule has 0 aliphatic heterocycles. The third-order valence-electron chi connectivity index (χ3n) is 4.49. The molecule has 0 aliphatic carbocycles. The third-order valence-corrected chi connectivity index (χ3v) is 4.49. The van der Waals surface area contributed by atoms with E-state index in [0.717, 1.165) is 12.8 Å². The number of carbonyl (C=O) groups is 2. The van der Waals surface area contributed by atoms with Crippen LogP contribution >= 0.6 is 0 Å². The Morgan fingerprint density at radius 2 is 1.74 bits per heavy atom. The van der Waals surface area contributed by atoms with Crippen molar-refractivity contribution in [2.45, 2.75) is 26.3 Å². The number of H-pyrrole nitrogens is 1. The van der Waals surface area contributed by atoms with Gasteiger partial charge in [-0.2, -0.15) is 0 Å². The van der Waals surface area contributed by atoms with E-state index >= 15 is 0 Å². The number of pyridine rings is 1. The molecule has 3 aromatic rings. The van der Waals surface area contributed by atoms with Gasteiger partial charge in [-0.05, 0) is 24.6 Å². The molecule has 1 aromatic carbocycles. The average molecular weight is 374 g/mol. The molecule has 0 fully saturated rings. The first-order valence-electron chi connectivity index (χ1n) is 8.48. The van der Waals surface area contributed by atoms with Crippen LogP contribution in [-0.2, 0) is 16.0 Å². The van der Waals surface area contributed by atoms with Crippen LogP contribution in [-0.4, -0.2) is 35.7 Å². The number of hydrogen-bond donors (Lipinski definition) is 1. The molecule has 3 rings (SSSR count). The molecule has 0 amide bonds. The molecule has 27 heavy (non-hydrogen) atoms. The fraction of sp³-hybridized carbons (Fsp3) is 0.316. The number of nitrogens with one attached hydrogen (secondary N) is 1. The predicted octanol–water partition coefficient (Wildman–Crippen LogP) is 3.00. The Labute approximate surface area is 153 Å². The van der Waals surface area contributed by atoms with Crippen molar-refractivity contribution < 1.29 is 23.5 Å². The molecule has 0 atom stereocenters. The Morgan fingerprint density at radius 3 is 2.33 bits per heavy atom. The average Bonchev–Trinajstić information content (AvgIpc) is 3.08. The lowest BCUT2D eigenvalue weighted by Gasteiger charge is -2.12. The van der Waals surface area contributed by atoms with Crippen molar-refractivity contribution in [3.05, 3.63) is 45.8 Å². The van der Waals surface area contributed by atoms with Crippen LogP contribution in [0.3, 0.4) is 0 Å². The molecule has 1 N–H and O–H groups in total. The van der Waals surface area contributed by atoms with Gasteiger partial charge in [0.15, 0.2) is 0 Å². The summed E-state index contributed by atoms with van der Waals surface area (Å²) >= 11 is 0. The van der Waals surface area contributed by atoms with Gasteiger partial charge in [-0.25, -0.2) is 14.0 Å². The van der Waals surface area contributed by atoms with Gasteiger partial charge in [0.05, 0.1) is 25.1 Å².